The van der Waals surface area contributed by atoms with Crippen molar-refractivity contribution in [1.29, 1.82) is 0 Å². The molecule has 0 radical (unpaired) electrons. The molecule has 12 heteroatoms. The Bertz CT molecular complexity index is 1010. The predicted octanol–water partition coefficient (Wildman–Crippen LogP) is 1.98. The number of hydrazine groups is 1. The SMILES string of the molecule is Cc1ccc(S(=O)(=O)N(C)CC(=O)NNC(=O)c2ccc(OC(F)(F)F)cc2)cc1. The number of amides is 2. The molecule has 2 rings (SSSR count). The van der Waals surface area contributed by atoms with E-state index in [0.717, 1.165) is 34.1 Å². The number of likely N-dealkylation sites (N-methyl/N-ethyl adjacent to an activating group) is 1. The lowest BCUT2D eigenvalue weighted by molar-refractivity contribution is -0.274. The van der Waals surface area contributed by atoms with Crippen LogP contribution in [0.5, 0.6) is 5.75 Å². The lowest BCUT2D eigenvalue weighted by atomic mass is 10.2. The van der Waals surface area contributed by atoms with Crippen molar-refractivity contribution in [2.75, 3.05) is 13.6 Å². The van der Waals surface area contributed by atoms with E-state index in [1.807, 2.05) is 10.9 Å². The predicted molar refractivity (Wildman–Crippen MR) is 99.7 cm³/mol. The number of sulfonamides is 1. The summed E-state index contributed by atoms with van der Waals surface area (Å²) in [5.74, 6) is -2.14. The highest BCUT2D eigenvalue weighted by atomic mass is 32.2. The zero-order valence-corrected chi connectivity index (χ0v) is 16.7. The maximum Gasteiger partial charge on any atom is 0.573 e. The van der Waals surface area contributed by atoms with Crippen molar-refractivity contribution in [1.82, 2.24) is 15.2 Å². The van der Waals surface area contributed by atoms with Gasteiger partial charge in [0.05, 0.1) is 11.4 Å². The average Bonchev–Trinajstić information content (AvgIpc) is 2.65. The largest absolute Gasteiger partial charge is 0.573 e. The monoisotopic (exact) mass is 445 g/mol. The summed E-state index contributed by atoms with van der Waals surface area (Å²) in [6, 6.07) is 10.1. The van der Waals surface area contributed by atoms with Gasteiger partial charge in [0.1, 0.15) is 5.75 Å². The summed E-state index contributed by atoms with van der Waals surface area (Å²) in [6.07, 6.45) is -4.86. The molecule has 162 valence electrons. The fourth-order valence-electron chi connectivity index (χ4n) is 2.22. The second-order valence-corrected chi connectivity index (χ2v) is 8.19. The van der Waals surface area contributed by atoms with E-state index >= 15 is 0 Å². The van der Waals surface area contributed by atoms with Crippen molar-refractivity contribution in [2.45, 2.75) is 18.2 Å². The Labute approximate surface area is 170 Å². The minimum atomic E-state index is -4.86. The number of nitrogens with zero attached hydrogens (tertiary/aromatic N) is 1. The summed E-state index contributed by atoms with van der Waals surface area (Å²) in [5.41, 5.74) is 4.91. The number of aryl methyl sites for hydroxylation is 1. The van der Waals surface area contributed by atoms with Gasteiger partial charge in [-0.05, 0) is 43.3 Å². The molecule has 2 aromatic carbocycles. The van der Waals surface area contributed by atoms with Crippen molar-refractivity contribution >= 4 is 21.8 Å². The molecule has 0 aliphatic carbocycles. The van der Waals surface area contributed by atoms with Crippen molar-refractivity contribution < 1.29 is 35.9 Å². The molecule has 2 amide bonds. The number of carbonyl (C=O) groups is 2. The molecule has 0 spiro atoms. The Morgan fingerprint density at radius 1 is 1.00 bits per heavy atom. The summed E-state index contributed by atoms with van der Waals surface area (Å²) >= 11 is 0. The van der Waals surface area contributed by atoms with Crippen molar-refractivity contribution in [3.8, 4) is 5.75 Å². The minimum Gasteiger partial charge on any atom is -0.406 e. The molecule has 0 unspecified atom stereocenters. The van der Waals surface area contributed by atoms with Gasteiger partial charge in [0.15, 0.2) is 0 Å². The molecule has 0 aliphatic heterocycles. The number of rotatable bonds is 6. The zero-order valence-electron chi connectivity index (χ0n) is 15.9. The summed E-state index contributed by atoms with van der Waals surface area (Å²) < 4.78 is 65.8. The van der Waals surface area contributed by atoms with E-state index in [1.165, 1.54) is 19.2 Å². The lowest BCUT2D eigenvalue weighted by Crippen LogP contribution is -2.46. The van der Waals surface area contributed by atoms with Gasteiger partial charge in [-0.1, -0.05) is 17.7 Å². The Morgan fingerprint density at radius 3 is 2.10 bits per heavy atom. The standard InChI is InChI=1S/C18H18F3N3O5S/c1-12-3-9-15(10-4-12)30(27,28)24(2)11-16(25)22-23-17(26)13-5-7-14(8-6-13)29-18(19,20)21/h3-10H,11H2,1-2H3,(H,22,25)(H,23,26). The summed E-state index contributed by atoms with van der Waals surface area (Å²) in [6.45, 7) is 1.22. The van der Waals surface area contributed by atoms with Gasteiger partial charge in [-0.25, -0.2) is 8.42 Å². The molecule has 0 fully saturated rings. The van der Waals surface area contributed by atoms with Crippen LogP contribution in [-0.4, -0.2) is 44.5 Å². The third-order valence-corrected chi connectivity index (χ3v) is 5.58. The van der Waals surface area contributed by atoms with Gasteiger partial charge in [0.2, 0.25) is 10.0 Å². The first-order chi connectivity index (χ1) is 13.9. The smallest absolute Gasteiger partial charge is 0.406 e. The number of nitrogens with one attached hydrogen (secondary N) is 2. The Balaban J connectivity index is 1.90. The second kappa shape index (κ2) is 9.13. The van der Waals surface area contributed by atoms with Gasteiger partial charge in [-0.15, -0.1) is 13.2 Å². The van der Waals surface area contributed by atoms with E-state index in [9.17, 15) is 31.2 Å². The van der Waals surface area contributed by atoms with E-state index in [4.69, 9.17) is 0 Å². The van der Waals surface area contributed by atoms with Crippen LogP contribution in [0, 0.1) is 6.92 Å². The fourth-order valence-corrected chi connectivity index (χ4v) is 3.35. The summed E-state index contributed by atoms with van der Waals surface area (Å²) in [5, 5.41) is 0. The molecule has 0 saturated heterocycles. The molecular weight excluding hydrogens is 427 g/mol. The molecule has 8 nitrogen and oxygen atoms in total. The first-order valence-electron chi connectivity index (χ1n) is 8.36. The molecule has 0 aromatic heterocycles. The molecule has 30 heavy (non-hydrogen) atoms. The average molecular weight is 445 g/mol. The maximum absolute atomic E-state index is 12.4. The Kier molecular flexibility index (Phi) is 7.05. The van der Waals surface area contributed by atoms with Crippen LogP contribution in [0.4, 0.5) is 13.2 Å². The van der Waals surface area contributed by atoms with Crippen LogP contribution in [-0.2, 0) is 14.8 Å². The quantitative estimate of drug-likeness (QED) is 0.662. The molecule has 0 bridgehead atoms. The lowest BCUT2D eigenvalue weighted by Gasteiger charge is -2.17. The van der Waals surface area contributed by atoms with Gasteiger partial charge in [-0.2, -0.15) is 4.31 Å². The molecule has 2 aromatic rings. The number of benzene rings is 2. The number of hydrogen-bond donors (Lipinski definition) is 2. The Hall–Kier alpha value is -3.12. The van der Waals surface area contributed by atoms with Crippen LogP contribution in [0.15, 0.2) is 53.4 Å². The first-order valence-corrected chi connectivity index (χ1v) is 9.80. The number of ether oxygens (including phenoxy) is 1. The number of halogens is 3. The molecule has 0 heterocycles. The van der Waals surface area contributed by atoms with Gasteiger partial charge in [0, 0.05) is 12.6 Å². The second-order valence-electron chi connectivity index (χ2n) is 6.15. The van der Waals surface area contributed by atoms with Crippen LogP contribution in [0.25, 0.3) is 0 Å². The van der Waals surface area contributed by atoms with Crippen molar-refractivity contribution in [3.63, 3.8) is 0 Å². The molecule has 0 saturated carbocycles. The highest BCUT2D eigenvalue weighted by Crippen LogP contribution is 2.22. The number of carbonyl (C=O) groups excluding carboxylic acids is 2. The molecule has 0 aliphatic rings. The third-order valence-electron chi connectivity index (χ3n) is 3.76. The highest BCUT2D eigenvalue weighted by molar-refractivity contribution is 7.89. The van der Waals surface area contributed by atoms with E-state index in [1.54, 1.807) is 19.1 Å². The first kappa shape index (κ1) is 23.2. The number of hydrogen-bond acceptors (Lipinski definition) is 5. The van der Waals surface area contributed by atoms with Crippen LogP contribution in [0.1, 0.15) is 15.9 Å². The third kappa shape index (κ3) is 6.46. The minimum absolute atomic E-state index is 0.00796. The van der Waals surface area contributed by atoms with Crippen molar-refractivity contribution in [3.05, 3.63) is 59.7 Å². The summed E-state index contributed by atoms with van der Waals surface area (Å²) in [4.78, 5) is 23.9. The van der Waals surface area contributed by atoms with Crippen LogP contribution in [0.2, 0.25) is 0 Å². The highest BCUT2D eigenvalue weighted by Gasteiger charge is 2.31. The topological polar surface area (TPSA) is 105 Å². The van der Waals surface area contributed by atoms with Crippen LogP contribution < -0.4 is 15.6 Å². The summed E-state index contributed by atoms with van der Waals surface area (Å²) in [7, 11) is -2.70. The zero-order chi connectivity index (χ0) is 22.5. The van der Waals surface area contributed by atoms with Gasteiger partial charge < -0.3 is 4.74 Å². The maximum atomic E-state index is 12.4. The number of alkyl halides is 3. The molecule has 0 atom stereocenters. The van der Waals surface area contributed by atoms with Gasteiger partial charge in [-0.3, -0.25) is 20.4 Å². The Morgan fingerprint density at radius 2 is 1.57 bits per heavy atom. The van der Waals surface area contributed by atoms with E-state index in [-0.39, 0.29) is 10.5 Å². The normalized spacial score (nSPS) is 11.8. The van der Waals surface area contributed by atoms with E-state index in [2.05, 4.69) is 4.74 Å². The molecular formula is C18H18F3N3O5S. The van der Waals surface area contributed by atoms with Gasteiger partial charge >= 0.3 is 6.36 Å². The van der Waals surface area contributed by atoms with Crippen LogP contribution >= 0.6 is 0 Å². The van der Waals surface area contributed by atoms with Crippen molar-refractivity contribution in [2.24, 2.45) is 0 Å². The van der Waals surface area contributed by atoms with Gasteiger partial charge in [0.25, 0.3) is 11.8 Å². The van der Waals surface area contributed by atoms with E-state index < -0.39 is 40.5 Å². The molecule has 2 N–H and O–H groups in total. The van der Waals surface area contributed by atoms with E-state index in [0.29, 0.717) is 0 Å². The van der Waals surface area contributed by atoms with Crippen LogP contribution in [0.3, 0.4) is 0 Å². The fraction of sp³-hybridized carbons (Fsp3) is 0.222.